The molecule has 0 saturated carbocycles. The number of carbonyl (C=O) groups is 2. The second-order valence-corrected chi connectivity index (χ2v) is 7.58. The van der Waals surface area contributed by atoms with Gasteiger partial charge in [0.2, 0.25) is 0 Å². The van der Waals surface area contributed by atoms with Gasteiger partial charge in [-0.15, -0.1) is 0 Å². The fourth-order valence-electron chi connectivity index (χ4n) is 2.46. The number of cyclic esters (lactones) is 1. The van der Waals surface area contributed by atoms with E-state index in [0.717, 1.165) is 12.0 Å². The lowest BCUT2D eigenvalue weighted by Crippen LogP contribution is -2.20. The van der Waals surface area contributed by atoms with Crippen LogP contribution in [0.5, 0.6) is 0 Å². The number of carbonyl (C=O) groups excluding carboxylic acids is 2. The van der Waals surface area contributed by atoms with Crippen molar-refractivity contribution in [2.45, 2.75) is 37.5 Å². The van der Waals surface area contributed by atoms with Gasteiger partial charge in [0, 0.05) is 12.8 Å². The highest BCUT2D eigenvalue weighted by atomic mass is 32.2. The van der Waals surface area contributed by atoms with Gasteiger partial charge in [-0.3, -0.25) is 9.59 Å². The highest BCUT2D eigenvalue weighted by Gasteiger charge is 2.32. The summed E-state index contributed by atoms with van der Waals surface area (Å²) in [6, 6.07) is 6.33. The molecule has 1 fully saturated rings. The van der Waals surface area contributed by atoms with E-state index < -0.39 is 21.7 Å². The minimum atomic E-state index is -3.52. The molecular formula is C16H20O5S. The van der Waals surface area contributed by atoms with Gasteiger partial charge in [-0.05, 0) is 30.5 Å². The molecule has 1 aromatic rings. The molecule has 0 aromatic heterocycles. The second-order valence-electron chi connectivity index (χ2n) is 5.54. The fraction of sp³-hybridized carbons (Fsp3) is 0.500. The van der Waals surface area contributed by atoms with E-state index in [1.807, 2.05) is 6.92 Å². The van der Waals surface area contributed by atoms with Gasteiger partial charge in [0.1, 0.15) is 5.78 Å². The Bertz CT molecular complexity index is 646. The third-order valence-corrected chi connectivity index (χ3v) is 5.51. The van der Waals surface area contributed by atoms with Gasteiger partial charge in [0.05, 0.1) is 23.2 Å². The van der Waals surface area contributed by atoms with Crippen LogP contribution < -0.4 is 0 Å². The van der Waals surface area contributed by atoms with Crippen LogP contribution in [0.1, 0.15) is 31.7 Å². The van der Waals surface area contributed by atoms with Crippen molar-refractivity contribution in [3.63, 3.8) is 0 Å². The Balaban J connectivity index is 2.05. The van der Waals surface area contributed by atoms with Crippen molar-refractivity contribution in [1.82, 2.24) is 0 Å². The molecule has 1 atom stereocenters. The molecule has 2 rings (SSSR count). The zero-order chi connectivity index (χ0) is 16.2. The van der Waals surface area contributed by atoms with Crippen LogP contribution in [0.4, 0.5) is 0 Å². The molecule has 120 valence electrons. The van der Waals surface area contributed by atoms with Crippen molar-refractivity contribution in [3.8, 4) is 0 Å². The van der Waals surface area contributed by atoms with Crippen LogP contribution in [0.25, 0.3) is 0 Å². The zero-order valence-corrected chi connectivity index (χ0v) is 13.4. The average molecular weight is 324 g/mol. The van der Waals surface area contributed by atoms with Gasteiger partial charge >= 0.3 is 5.97 Å². The van der Waals surface area contributed by atoms with E-state index >= 15 is 0 Å². The van der Waals surface area contributed by atoms with E-state index in [2.05, 4.69) is 0 Å². The largest absolute Gasteiger partial charge is 0.465 e. The summed E-state index contributed by atoms with van der Waals surface area (Å²) in [6.07, 6.45) is 2.11. The van der Waals surface area contributed by atoms with Crippen molar-refractivity contribution in [2.24, 2.45) is 5.92 Å². The molecule has 1 aromatic carbocycles. The first-order valence-electron chi connectivity index (χ1n) is 7.42. The van der Waals surface area contributed by atoms with E-state index in [1.54, 1.807) is 12.1 Å². The lowest BCUT2D eigenvalue weighted by Gasteiger charge is -2.08. The number of esters is 1. The standard InChI is InChI=1S/C16H20O5S/c1-2-3-14(17)10-12-4-6-15(7-5-12)22(19,20)11-13-8-9-21-16(13)18/h4-7,13H,2-3,8-11H2,1H3/t13-/m1/s1. The lowest BCUT2D eigenvalue weighted by molar-refractivity contribution is -0.140. The number of ether oxygens (including phenoxy) is 1. The van der Waals surface area contributed by atoms with E-state index in [1.165, 1.54) is 12.1 Å². The van der Waals surface area contributed by atoms with Crippen LogP contribution in [0.15, 0.2) is 29.2 Å². The highest BCUT2D eigenvalue weighted by molar-refractivity contribution is 7.91. The molecule has 1 heterocycles. The van der Waals surface area contributed by atoms with Crippen LogP contribution in [-0.2, 0) is 30.6 Å². The molecule has 0 N–H and O–H groups in total. The van der Waals surface area contributed by atoms with Crippen molar-refractivity contribution >= 4 is 21.6 Å². The van der Waals surface area contributed by atoms with Crippen LogP contribution in [0.2, 0.25) is 0 Å². The molecular weight excluding hydrogens is 304 g/mol. The number of hydrogen-bond acceptors (Lipinski definition) is 5. The Kier molecular flexibility index (Phi) is 5.34. The van der Waals surface area contributed by atoms with Crippen LogP contribution in [0, 0.1) is 5.92 Å². The summed E-state index contributed by atoms with van der Waals surface area (Å²) >= 11 is 0. The number of benzene rings is 1. The summed E-state index contributed by atoms with van der Waals surface area (Å²) in [7, 11) is -3.52. The van der Waals surface area contributed by atoms with Gasteiger partial charge in [-0.25, -0.2) is 8.42 Å². The predicted octanol–water partition coefficient (Wildman–Crippen LogP) is 1.94. The Labute approximate surface area is 130 Å². The molecule has 1 saturated heterocycles. The monoisotopic (exact) mass is 324 g/mol. The summed E-state index contributed by atoms with van der Waals surface area (Å²) in [5.74, 6) is -1.09. The average Bonchev–Trinajstić information content (AvgIpc) is 2.84. The second kappa shape index (κ2) is 7.05. The molecule has 0 spiro atoms. The van der Waals surface area contributed by atoms with Crippen LogP contribution in [-0.4, -0.2) is 32.5 Å². The first-order chi connectivity index (χ1) is 10.4. The number of hydrogen-bond donors (Lipinski definition) is 0. The minimum absolute atomic E-state index is 0.145. The molecule has 0 unspecified atom stereocenters. The lowest BCUT2D eigenvalue weighted by atomic mass is 10.1. The first-order valence-corrected chi connectivity index (χ1v) is 9.07. The molecule has 0 aliphatic carbocycles. The van der Waals surface area contributed by atoms with Crippen molar-refractivity contribution in [2.75, 3.05) is 12.4 Å². The van der Waals surface area contributed by atoms with Crippen molar-refractivity contribution in [1.29, 1.82) is 0 Å². The molecule has 1 aliphatic rings. The maximum Gasteiger partial charge on any atom is 0.310 e. The van der Waals surface area contributed by atoms with E-state index in [-0.39, 0.29) is 23.0 Å². The van der Waals surface area contributed by atoms with Gasteiger partial charge < -0.3 is 4.74 Å². The third kappa shape index (κ3) is 4.16. The molecule has 1 aliphatic heterocycles. The topological polar surface area (TPSA) is 77.5 Å². The number of rotatable bonds is 7. The first kappa shape index (κ1) is 16.7. The summed E-state index contributed by atoms with van der Waals surface area (Å²) in [5.41, 5.74) is 0.803. The molecule has 22 heavy (non-hydrogen) atoms. The maximum absolute atomic E-state index is 12.3. The highest BCUT2D eigenvalue weighted by Crippen LogP contribution is 2.21. The van der Waals surface area contributed by atoms with Crippen molar-refractivity contribution in [3.05, 3.63) is 29.8 Å². The number of Topliss-reactive ketones (excluding diaryl/α,β-unsaturated/α-hetero) is 1. The summed E-state index contributed by atoms with van der Waals surface area (Å²) in [4.78, 5) is 23.2. The number of sulfone groups is 1. The number of ketones is 1. The molecule has 0 radical (unpaired) electrons. The van der Waals surface area contributed by atoms with E-state index in [0.29, 0.717) is 19.3 Å². The maximum atomic E-state index is 12.3. The van der Waals surface area contributed by atoms with Gasteiger partial charge in [0.15, 0.2) is 9.84 Å². The Morgan fingerprint density at radius 2 is 1.95 bits per heavy atom. The zero-order valence-electron chi connectivity index (χ0n) is 12.6. The molecule has 5 nitrogen and oxygen atoms in total. The van der Waals surface area contributed by atoms with Crippen LogP contribution in [0.3, 0.4) is 0 Å². The Hall–Kier alpha value is -1.69. The Morgan fingerprint density at radius 1 is 1.27 bits per heavy atom. The predicted molar refractivity (Wildman–Crippen MR) is 81.2 cm³/mol. The normalized spacial score (nSPS) is 18.2. The Morgan fingerprint density at radius 3 is 2.50 bits per heavy atom. The van der Waals surface area contributed by atoms with Gasteiger partial charge in [-0.2, -0.15) is 0 Å². The molecule has 0 bridgehead atoms. The molecule has 6 heteroatoms. The van der Waals surface area contributed by atoms with Gasteiger partial charge in [0.25, 0.3) is 0 Å². The minimum Gasteiger partial charge on any atom is -0.465 e. The summed E-state index contributed by atoms with van der Waals surface area (Å²) < 4.78 is 29.4. The molecule has 0 amide bonds. The van der Waals surface area contributed by atoms with E-state index in [9.17, 15) is 18.0 Å². The summed E-state index contributed by atoms with van der Waals surface area (Å²) in [5, 5.41) is 0. The van der Waals surface area contributed by atoms with Crippen molar-refractivity contribution < 1.29 is 22.7 Å². The third-order valence-electron chi connectivity index (χ3n) is 3.68. The smallest absolute Gasteiger partial charge is 0.310 e. The SMILES string of the molecule is CCCC(=O)Cc1ccc(S(=O)(=O)C[C@H]2CCOC2=O)cc1. The fourth-order valence-corrected chi connectivity index (χ4v) is 4.04. The van der Waals surface area contributed by atoms with Gasteiger partial charge in [-0.1, -0.05) is 19.1 Å². The van der Waals surface area contributed by atoms with E-state index in [4.69, 9.17) is 4.74 Å². The van der Waals surface area contributed by atoms with Crippen LogP contribution >= 0.6 is 0 Å². The summed E-state index contributed by atoms with van der Waals surface area (Å²) in [6.45, 7) is 2.24. The quantitative estimate of drug-likeness (QED) is 0.716.